The normalized spacial score (nSPS) is 15.4. The third-order valence-electron chi connectivity index (χ3n) is 2.65. The Morgan fingerprint density at radius 2 is 2.00 bits per heavy atom. The Morgan fingerprint density at radius 3 is 2.63 bits per heavy atom. The van der Waals surface area contributed by atoms with Crippen molar-refractivity contribution in [3.8, 4) is 0 Å². The van der Waals surface area contributed by atoms with E-state index in [1.165, 1.54) is 0 Å². The van der Waals surface area contributed by atoms with Crippen LogP contribution in [0.1, 0.15) is 19.0 Å². The van der Waals surface area contributed by atoms with Gasteiger partial charge in [0.1, 0.15) is 5.82 Å². The van der Waals surface area contributed by atoms with Crippen LogP contribution < -0.4 is 15.5 Å². The average molecular weight is 263 g/mol. The number of anilines is 2. The first-order chi connectivity index (χ1) is 9.08. The van der Waals surface area contributed by atoms with Crippen LogP contribution in [0.5, 0.6) is 0 Å². The molecule has 1 aromatic heterocycles. The maximum Gasteiger partial charge on any atom is 0.246 e. The molecule has 0 spiro atoms. The zero-order chi connectivity index (χ0) is 13.8. The fourth-order valence-electron chi connectivity index (χ4n) is 1.83. The molecule has 7 nitrogen and oxygen atoms in total. The van der Waals surface area contributed by atoms with Gasteiger partial charge in [0.15, 0.2) is 0 Å². The lowest BCUT2D eigenvalue weighted by Gasteiger charge is -2.26. The molecule has 2 heterocycles. The minimum absolute atomic E-state index is 0.134. The van der Waals surface area contributed by atoms with Crippen molar-refractivity contribution in [3.05, 3.63) is 11.8 Å². The van der Waals surface area contributed by atoms with Crippen LogP contribution in [0.2, 0.25) is 0 Å². The molecular weight excluding hydrogens is 246 g/mol. The number of rotatable bonds is 4. The molecule has 1 saturated heterocycles. The Balaban J connectivity index is 2.21. The van der Waals surface area contributed by atoms with E-state index < -0.39 is 0 Å². The highest BCUT2D eigenvalue weighted by atomic mass is 16.2. The largest absolute Gasteiger partial charge is 0.354 e. The molecule has 0 saturated carbocycles. The fraction of sp³-hybridized carbons (Fsp3) is 0.500. The SMILES string of the molecule is CCCNc1nc(C)cc(N2CC(=O)NC(=O)C2)n1. The number of hydrogen-bond donors (Lipinski definition) is 2. The first kappa shape index (κ1) is 13.3. The van der Waals surface area contributed by atoms with E-state index in [9.17, 15) is 9.59 Å². The predicted octanol–water partition coefficient (Wildman–Crippen LogP) is 0.0697. The third kappa shape index (κ3) is 3.40. The van der Waals surface area contributed by atoms with E-state index in [1.807, 2.05) is 6.92 Å². The molecule has 1 fully saturated rings. The quantitative estimate of drug-likeness (QED) is 0.747. The van der Waals surface area contributed by atoms with Gasteiger partial charge in [0.25, 0.3) is 0 Å². The smallest absolute Gasteiger partial charge is 0.246 e. The number of amides is 2. The summed E-state index contributed by atoms with van der Waals surface area (Å²) in [5, 5.41) is 5.37. The molecule has 0 atom stereocenters. The second-order valence-corrected chi connectivity index (χ2v) is 4.45. The Kier molecular flexibility index (Phi) is 3.94. The van der Waals surface area contributed by atoms with Crippen LogP contribution in [0.4, 0.5) is 11.8 Å². The summed E-state index contributed by atoms with van der Waals surface area (Å²) in [6, 6.07) is 1.77. The van der Waals surface area contributed by atoms with Crippen molar-refractivity contribution in [3.63, 3.8) is 0 Å². The molecular formula is C12H17N5O2. The lowest BCUT2D eigenvalue weighted by atomic mass is 10.3. The number of aromatic nitrogens is 2. The van der Waals surface area contributed by atoms with E-state index in [2.05, 4.69) is 27.5 Å². The molecule has 7 heteroatoms. The van der Waals surface area contributed by atoms with Crippen LogP contribution in [0.15, 0.2) is 6.07 Å². The van der Waals surface area contributed by atoms with Gasteiger partial charge in [0.05, 0.1) is 13.1 Å². The van der Waals surface area contributed by atoms with Crippen LogP contribution in [-0.2, 0) is 9.59 Å². The fourth-order valence-corrected chi connectivity index (χ4v) is 1.83. The zero-order valence-electron chi connectivity index (χ0n) is 11.1. The van der Waals surface area contributed by atoms with Gasteiger partial charge < -0.3 is 10.2 Å². The predicted molar refractivity (Wildman–Crippen MR) is 70.9 cm³/mol. The van der Waals surface area contributed by atoms with Crippen molar-refractivity contribution in [1.82, 2.24) is 15.3 Å². The standard InChI is InChI=1S/C12H17N5O2/c1-3-4-13-12-14-8(2)5-9(15-12)17-6-10(18)16-11(19)7-17/h5H,3-4,6-7H2,1-2H3,(H,13,14,15)(H,16,18,19). The molecule has 0 aromatic carbocycles. The second-order valence-electron chi connectivity index (χ2n) is 4.45. The third-order valence-corrected chi connectivity index (χ3v) is 2.65. The monoisotopic (exact) mass is 263 g/mol. The number of piperazine rings is 1. The first-order valence-corrected chi connectivity index (χ1v) is 6.25. The van der Waals surface area contributed by atoms with Crippen molar-refractivity contribution in [2.45, 2.75) is 20.3 Å². The summed E-state index contributed by atoms with van der Waals surface area (Å²) in [6.07, 6.45) is 0.969. The molecule has 2 amide bonds. The van der Waals surface area contributed by atoms with Crippen LogP contribution in [0, 0.1) is 6.92 Å². The van der Waals surface area contributed by atoms with Crippen molar-refractivity contribution >= 4 is 23.6 Å². The summed E-state index contributed by atoms with van der Waals surface area (Å²) < 4.78 is 0. The van der Waals surface area contributed by atoms with Gasteiger partial charge in [-0.15, -0.1) is 0 Å². The highest BCUT2D eigenvalue weighted by molar-refractivity contribution is 6.02. The molecule has 1 aliphatic heterocycles. The molecule has 102 valence electrons. The number of carbonyl (C=O) groups excluding carboxylic acids is 2. The maximum absolute atomic E-state index is 11.4. The Bertz CT molecular complexity index is 487. The molecule has 0 bridgehead atoms. The summed E-state index contributed by atoms with van der Waals surface area (Å²) in [7, 11) is 0. The molecule has 0 radical (unpaired) electrons. The van der Waals surface area contributed by atoms with E-state index in [4.69, 9.17) is 0 Å². The molecule has 1 aliphatic rings. The van der Waals surface area contributed by atoms with Gasteiger partial charge in [-0.1, -0.05) is 6.92 Å². The molecule has 2 N–H and O–H groups in total. The zero-order valence-corrected chi connectivity index (χ0v) is 11.1. The highest BCUT2D eigenvalue weighted by Crippen LogP contribution is 2.15. The lowest BCUT2D eigenvalue weighted by Crippen LogP contribution is -2.51. The topological polar surface area (TPSA) is 87.2 Å². The minimum atomic E-state index is -0.310. The van der Waals surface area contributed by atoms with E-state index in [-0.39, 0.29) is 24.9 Å². The number of imide groups is 1. The van der Waals surface area contributed by atoms with Crippen molar-refractivity contribution in [2.24, 2.45) is 0 Å². The van der Waals surface area contributed by atoms with Crippen LogP contribution in [0.25, 0.3) is 0 Å². The molecule has 0 aliphatic carbocycles. The summed E-state index contributed by atoms with van der Waals surface area (Å²) in [4.78, 5) is 33.0. The van der Waals surface area contributed by atoms with Crippen LogP contribution in [-0.4, -0.2) is 41.4 Å². The number of nitrogens with one attached hydrogen (secondary N) is 2. The maximum atomic E-state index is 11.4. The Hall–Kier alpha value is -2.18. The van der Waals surface area contributed by atoms with E-state index in [0.29, 0.717) is 11.8 Å². The van der Waals surface area contributed by atoms with Crippen molar-refractivity contribution in [2.75, 3.05) is 29.9 Å². The number of nitrogens with zero attached hydrogens (tertiary/aromatic N) is 3. The lowest BCUT2D eigenvalue weighted by molar-refractivity contribution is -0.130. The first-order valence-electron chi connectivity index (χ1n) is 6.25. The molecule has 2 rings (SSSR count). The minimum Gasteiger partial charge on any atom is -0.354 e. The summed E-state index contributed by atoms with van der Waals surface area (Å²) in [5.74, 6) is 0.496. The van der Waals surface area contributed by atoms with Crippen molar-refractivity contribution < 1.29 is 9.59 Å². The van der Waals surface area contributed by atoms with Gasteiger partial charge in [-0.05, 0) is 13.3 Å². The van der Waals surface area contributed by atoms with Gasteiger partial charge in [-0.3, -0.25) is 14.9 Å². The summed E-state index contributed by atoms with van der Waals surface area (Å²) >= 11 is 0. The van der Waals surface area contributed by atoms with Crippen LogP contribution >= 0.6 is 0 Å². The highest BCUT2D eigenvalue weighted by Gasteiger charge is 2.24. The molecule has 1 aromatic rings. The Morgan fingerprint density at radius 1 is 1.32 bits per heavy atom. The molecule has 0 unspecified atom stereocenters. The van der Waals surface area contributed by atoms with Crippen LogP contribution in [0.3, 0.4) is 0 Å². The Labute approximate surface area is 111 Å². The summed E-state index contributed by atoms with van der Waals surface area (Å²) in [6.45, 7) is 4.96. The average Bonchev–Trinajstić information content (AvgIpc) is 2.34. The van der Waals surface area contributed by atoms with E-state index in [1.54, 1.807) is 11.0 Å². The van der Waals surface area contributed by atoms with Gasteiger partial charge in [-0.25, -0.2) is 4.98 Å². The van der Waals surface area contributed by atoms with E-state index >= 15 is 0 Å². The van der Waals surface area contributed by atoms with E-state index in [0.717, 1.165) is 18.7 Å². The van der Waals surface area contributed by atoms with Gasteiger partial charge in [0, 0.05) is 18.3 Å². The number of hydrogen-bond acceptors (Lipinski definition) is 6. The second kappa shape index (κ2) is 5.64. The number of carbonyl (C=O) groups is 2. The van der Waals surface area contributed by atoms with Crippen molar-refractivity contribution in [1.29, 1.82) is 0 Å². The van der Waals surface area contributed by atoms with Gasteiger partial charge in [0.2, 0.25) is 17.8 Å². The molecule has 19 heavy (non-hydrogen) atoms. The summed E-state index contributed by atoms with van der Waals surface area (Å²) in [5.41, 5.74) is 0.794. The van der Waals surface area contributed by atoms with Gasteiger partial charge in [-0.2, -0.15) is 4.98 Å². The number of aryl methyl sites for hydroxylation is 1. The van der Waals surface area contributed by atoms with Gasteiger partial charge >= 0.3 is 0 Å².